The van der Waals surface area contributed by atoms with Crippen LogP contribution in [0.4, 0.5) is 0 Å². The van der Waals surface area contributed by atoms with Crippen molar-refractivity contribution in [2.45, 2.75) is 61.6 Å². The van der Waals surface area contributed by atoms with Crippen molar-refractivity contribution in [2.24, 2.45) is 0 Å². The summed E-state index contributed by atoms with van der Waals surface area (Å²) >= 11 is 0. The molecule has 10 nitrogen and oxygen atoms in total. The van der Waals surface area contributed by atoms with E-state index in [9.17, 15) is 14.4 Å². The summed E-state index contributed by atoms with van der Waals surface area (Å²) in [7, 11) is 4.46. The molecule has 1 spiro atoms. The van der Waals surface area contributed by atoms with E-state index >= 15 is 0 Å². The molecule has 1 fully saturated rings. The Morgan fingerprint density at radius 2 is 1.48 bits per heavy atom. The lowest BCUT2D eigenvalue weighted by Crippen LogP contribution is -2.54. The molecule has 0 unspecified atom stereocenters. The minimum Gasteiger partial charge on any atom is -0.481 e. The lowest BCUT2D eigenvalue weighted by molar-refractivity contribution is -0.170. The van der Waals surface area contributed by atoms with Crippen molar-refractivity contribution in [2.75, 3.05) is 20.6 Å². The van der Waals surface area contributed by atoms with Gasteiger partial charge in [-0.05, 0) is 57.8 Å². The van der Waals surface area contributed by atoms with Crippen LogP contribution in [0.5, 0.6) is 0 Å². The standard InChI is InChI=1S/C24H28N2O.C6H8O7/c1-26(2)24(18-8-4-3-5-9-18)15-13-23(14-16-24)22-20(12-17-25-23)19-10-6-7-11-21(19)27-22;7-3(8)1-6(13,5(11)12)2-4(9)10/h3-11,25H,12-17H2,1-2H3;13H,1-2H2,(H,7,8)(H,9,10)(H,11,12). The zero-order chi connectivity index (χ0) is 29.1. The van der Waals surface area contributed by atoms with Crippen LogP contribution >= 0.6 is 0 Å². The number of carboxylic acid groups (broad SMARTS) is 3. The average molecular weight is 553 g/mol. The molecule has 2 aliphatic rings. The third-order valence-electron chi connectivity index (χ3n) is 8.35. The van der Waals surface area contributed by atoms with Crippen LogP contribution in [0.1, 0.15) is 55.4 Å². The lowest BCUT2D eigenvalue weighted by Gasteiger charge is -2.50. The Morgan fingerprint density at radius 1 is 0.900 bits per heavy atom. The third kappa shape index (κ3) is 5.60. The van der Waals surface area contributed by atoms with Crippen molar-refractivity contribution in [1.29, 1.82) is 0 Å². The van der Waals surface area contributed by atoms with Crippen LogP contribution in [0.15, 0.2) is 59.0 Å². The number of hydrogen-bond acceptors (Lipinski definition) is 7. The summed E-state index contributed by atoms with van der Waals surface area (Å²) in [5, 5.41) is 39.0. The van der Waals surface area contributed by atoms with Crippen LogP contribution in [0.25, 0.3) is 11.0 Å². The van der Waals surface area contributed by atoms with Gasteiger partial charge in [-0.15, -0.1) is 0 Å². The second-order valence-electron chi connectivity index (χ2n) is 10.9. The van der Waals surface area contributed by atoms with Crippen molar-refractivity contribution in [3.63, 3.8) is 0 Å². The van der Waals surface area contributed by atoms with Crippen molar-refractivity contribution in [3.8, 4) is 0 Å². The minimum atomic E-state index is -2.74. The summed E-state index contributed by atoms with van der Waals surface area (Å²) in [6.07, 6.45) is 3.25. The maximum atomic E-state index is 10.3. The Balaban J connectivity index is 0.000000243. The molecule has 40 heavy (non-hydrogen) atoms. The Labute approximate surface area is 232 Å². The van der Waals surface area contributed by atoms with Crippen molar-refractivity contribution in [1.82, 2.24) is 10.2 Å². The van der Waals surface area contributed by atoms with Gasteiger partial charge in [0.2, 0.25) is 0 Å². The average Bonchev–Trinajstić information content (AvgIpc) is 3.29. The molecular weight excluding hydrogens is 516 g/mol. The number of carboxylic acids is 3. The van der Waals surface area contributed by atoms with Crippen molar-refractivity contribution >= 4 is 28.9 Å². The van der Waals surface area contributed by atoms with E-state index in [2.05, 4.69) is 78.9 Å². The zero-order valence-corrected chi connectivity index (χ0v) is 22.7. The largest absolute Gasteiger partial charge is 0.481 e. The van der Waals surface area contributed by atoms with E-state index in [-0.39, 0.29) is 11.1 Å². The second kappa shape index (κ2) is 11.4. The molecule has 214 valence electrons. The van der Waals surface area contributed by atoms with Gasteiger partial charge in [-0.25, -0.2) is 4.79 Å². The normalized spacial score (nSPS) is 22.4. The van der Waals surface area contributed by atoms with Gasteiger partial charge in [0.1, 0.15) is 11.3 Å². The number of aliphatic hydroxyl groups is 1. The zero-order valence-electron chi connectivity index (χ0n) is 22.7. The van der Waals surface area contributed by atoms with E-state index in [0.717, 1.165) is 44.2 Å². The van der Waals surface area contributed by atoms with Gasteiger partial charge >= 0.3 is 17.9 Å². The fourth-order valence-electron chi connectivity index (χ4n) is 6.19. The molecule has 10 heteroatoms. The summed E-state index contributed by atoms with van der Waals surface area (Å²) < 4.78 is 6.44. The Kier molecular flexibility index (Phi) is 8.34. The van der Waals surface area contributed by atoms with E-state index in [1.54, 1.807) is 0 Å². The molecule has 3 aromatic rings. The highest BCUT2D eigenvalue weighted by molar-refractivity contribution is 5.88. The quantitative estimate of drug-likeness (QED) is 0.293. The van der Waals surface area contributed by atoms with Gasteiger partial charge < -0.3 is 30.2 Å². The lowest BCUT2D eigenvalue weighted by atomic mass is 9.66. The molecule has 2 aromatic carbocycles. The highest BCUT2D eigenvalue weighted by atomic mass is 16.4. The first-order chi connectivity index (χ1) is 18.9. The van der Waals surface area contributed by atoms with Gasteiger partial charge in [-0.2, -0.15) is 0 Å². The summed E-state index contributed by atoms with van der Waals surface area (Å²) in [6.45, 7) is 1.04. The number of para-hydroxylation sites is 1. The molecule has 1 aromatic heterocycles. The number of rotatable bonds is 7. The molecule has 0 bridgehead atoms. The number of fused-ring (bicyclic) bond motifs is 4. The van der Waals surface area contributed by atoms with E-state index < -0.39 is 36.4 Å². The van der Waals surface area contributed by atoms with Gasteiger partial charge in [0.25, 0.3) is 0 Å². The summed E-state index contributed by atoms with van der Waals surface area (Å²) in [5.74, 6) is -3.81. The first-order valence-electron chi connectivity index (χ1n) is 13.3. The second-order valence-corrected chi connectivity index (χ2v) is 10.9. The SMILES string of the molecule is CN(C)C1(c2ccccc2)CCC2(CC1)NCCc1c2oc2ccccc12.O=C(O)CC(O)(CC(=O)O)C(=O)O. The smallest absolute Gasteiger partial charge is 0.336 e. The van der Waals surface area contributed by atoms with Gasteiger partial charge in [0.05, 0.1) is 18.4 Å². The summed E-state index contributed by atoms with van der Waals surface area (Å²) in [5.41, 5.74) is 1.26. The number of hydrogen-bond donors (Lipinski definition) is 5. The Hall–Kier alpha value is -3.73. The molecule has 5 N–H and O–H groups in total. The van der Waals surface area contributed by atoms with E-state index in [1.165, 1.54) is 22.3 Å². The fraction of sp³-hybridized carbons (Fsp3) is 0.433. The number of nitrogens with zero attached hydrogens (tertiary/aromatic N) is 1. The van der Waals surface area contributed by atoms with Crippen LogP contribution in [-0.4, -0.2) is 69.5 Å². The number of furan rings is 1. The third-order valence-corrected chi connectivity index (χ3v) is 8.35. The van der Waals surface area contributed by atoms with Crippen LogP contribution in [0.3, 0.4) is 0 Å². The molecule has 0 saturated heterocycles. The Morgan fingerprint density at radius 3 is 2.02 bits per heavy atom. The maximum Gasteiger partial charge on any atom is 0.336 e. The highest BCUT2D eigenvalue weighted by Crippen LogP contribution is 2.51. The maximum absolute atomic E-state index is 10.3. The minimum absolute atomic E-state index is 0.0130. The first-order valence-corrected chi connectivity index (χ1v) is 13.3. The molecule has 1 aliphatic heterocycles. The van der Waals surface area contributed by atoms with E-state index in [4.69, 9.17) is 24.8 Å². The summed E-state index contributed by atoms with van der Waals surface area (Å²) in [6, 6.07) is 19.6. The highest BCUT2D eigenvalue weighted by Gasteiger charge is 2.49. The predicted octanol–water partition coefficient (Wildman–Crippen LogP) is 3.56. The molecule has 0 radical (unpaired) electrons. The van der Waals surface area contributed by atoms with E-state index in [1.807, 2.05) is 0 Å². The molecule has 1 aliphatic carbocycles. The molecule has 5 rings (SSSR count). The number of nitrogens with one attached hydrogen (secondary N) is 1. The van der Waals surface area contributed by atoms with Crippen LogP contribution in [0, 0.1) is 0 Å². The van der Waals surface area contributed by atoms with Crippen LogP contribution < -0.4 is 5.32 Å². The van der Waals surface area contributed by atoms with Crippen LogP contribution in [-0.2, 0) is 31.9 Å². The molecule has 2 heterocycles. The molecular formula is C30H36N2O8. The topological polar surface area (TPSA) is 161 Å². The van der Waals surface area contributed by atoms with Crippen molar-refractivity contribution < 1.29 is 39.2 Å². The van der Waals surface area contributed by atoms with E-state index in [0.29, 0.717) is 0 Å². The number of aliphatic carboxylic acids is 3. The number of carbonyl (C=O) groups is 3. The van der Waals surface area contributed by atoms with Crippen molar-refractivity contribution in [3.05, 3.63) is 71.5 Å². The molecule has 1 saturated carbocycles. The summed E-state index contributed by atoms with van der Waals surface area (Å²) in [4.78, 5) is 32.9. The monoisotopic (exact) mass is 552 g/mol. The van der Waals surface area contributed by atoms with Gasteiger partial charge in [-0.1, -0.05) is 48.5 Å². The predicted molar refractivity (Wildman–Crippen MR) is 147 cm³/mol. The van der Waals surface area contributed by atoms with Gasteiger partial charge in [0.15, 0.2) is 5.60 Å². The van der Waals surface area contributed by atoms with Gasteiger partial charge in [-0.3, -0.25) is 14.5 Å². The first kappa shape index (κ1) is 29.3. The van der Waals surface area contributed by atoms with Gasteiger partial charge in [0, 0.05) is 23.0 Å². The Bertz CT molecular complexity index is 1360. The molecule has 0 amide bonds. The number of benzene rings is 2. The fourth-order valence-corrected chi connectivity index (χ4v) is 6.19. The van der Waals surface area contributed by atoms with Crippen LogP contribution in [0.2, 0.25) is 0 Å². The molecule has 0 atom stereocenters.